The van der Waals surface area contributed by atoms with Crippen LogP contribution in [0.4, 0.5) is 5.69 Å². The summed E-state index contributed by atoms with van der Waals surface area (Å²) in [6, 6.07) is 6.47. The molecule has 0 amide bonds. The van der Waals surface area contributed by atoms with E-state index in [9.17, 15) is 0 Å². The molecule has 1 aromatic rings. The van der Waals surface area contributed by atoms with E-state index in [1.54, 1.807) is 0 Å². The summed E-state index contributed by atoms with van der Waals surface area (Å²) in [5, 5.41) is 1.86. The minimum atomic E-state index is 0.962. The van der Waals surface area contributed by atoms with Gasteiger partial charge in [0.1, 0.15) is 0 Å². The van der Waals surface area contributed by atoms with Gasteiger partial charge in [0.15, 0.2) is 0 Å². The van der Waals surface area contributed by atoms with Crippen molar-refractivity contribution in [2.75, 3.05) is 17.3 Å². The summed E-state index contributed by atoms with van der Waals surface area (Å²) < 4.78 is 0. The van der Waals surface area contributed by atoms with Crippen molar-refractivity contribution in [3.05, 3.63) is 23.8 Å². The van der Waals surface area contributed by atoms with Crippen molar-refractivity contribution < 1.29 is 0 Å². The molecule has 2 N–H and O–H groups in total. The number of nitrogens with zero attached hydrogens (tertiary/aromatic N) is 1. The molecule has 13 heavy (non-hydrogen) atoms. The highest BCUT2D eigenvalue weighted by Crippen LogP contribution is 2.32. The Balaban J connectivity index is 2.43. The van der Waals surface area contributed by atoms with Gasteiger partial charge in [-0.25, -0.2) is 5.84 Å². The van der Waals surface area contributed by atoms with Gasteiger partial charge in [-0.05, 0) is 36.8 Å². The zero-order chi connectivity index (χ0) is 9.26. The largest absolute Gasteiger partial charge is 0.310 e. The van der Waals surface area contributed by atoms with Gasteiger partial charge in [-0.15, -0.1) is 11.8 Å². The standard InChI is InChI=1S/C10H14N2S/c1-8-3-4-10-9(7-8)12(11)5-2-6-13-10/h3-4,7H,2,5-6,11H2,1H3. The Morgan fingerprint density at radius 1 is 1.46 bits per heavy atom. The Kier molecular flexibility index (Phi) is 2.47. The molecule has 0 spiro atoms. The highest BCUT2D eigenvalue weighted by atomic mass is 32.2. The highest BCUT2D eigenvalue weighted by Gasteiger charge is 2.12. The molecule has 1 aliphatic heterocycles. The van der Waals surface area contributed by atoms with E-state index in [-0.39, 0.29) is 0 Å². The first-order valence-electron chi connectivity index (χ1n) is 4.53. The molecule has 0 atom stereocenters. The topological polar surface area (TPSA) is 29.3 Å². The van der Waals surface area contributed by atoms with E-state index in [1.165, 1.54) is 21.9 Å². The Labute approximate surface area is 83.1 Å². The number of hydrogen-bond donors (Lipinski definition) is 1. The lowest BCUT2D eigenvalue weighted by Gasteiger charge is -2.18. The summed E-state index contributed by atoms with van der Waals surface area (Å²) in [7, 11) is 0. The lowest BCUT2D eigenvalue weighted by molar-refractivity contribution is 0.811. The Morgan fingerprint density at radius 3 is 3.15 bits per heavy atom. The maximum absolute atomic E-state index is 5.94. The summed E-state index contributed by atoms with van der Waals surface area (Å²) in [5.74, 6) is 7.11. The van der Waals surface area contributed by atoms with E-state index in [2.05, 4.69) is 25.1 Å². The Hall–Kier alpha value is -0.670. The quantitative estimate of drug-likeness (QED) is 0.642. The van der Waals surface area contributed by atoms with Crippen LogP contribution in [0.15, 0.2) is 23.1 Å². The van der Waals surface area contributed by atoms with Crippen LogP contribution in [0, 0.1) is 6.92 Å². The number of nitrogens with two attached hydrogens (primary N) is 1. The van der Waals surface area contributed by atoms with E-state index < -0.39 is 0 Å². The molecule has 0 aromatic heterocycles. The van der Waals surface area contributed by atoms with Crippen molar-refractivity contribution in [1.82, 2.24) is 0 Å². The van der Waals surface area contributed by atoms with Gasteiger partial charge in [-0.2, -0.15) is 0 Å². The minimum absolute atomic E-state index is 0.962. The average molecular weight is 194 g/mol. The second-order valence-electron chi connectivity index (χ2n) is 3.37. The Morgan fingerprint density at radius 2 is 2.31 bits per heavy atom. The van der Waals surface area contributed by atoms with Crippen molar-refractivity contribution in [2.24, 2.45) is 5.84 Å². The van der Waals surface area contributed by atoms with E-state index >= 15 is 0 Å². The molecule has 0 fully saturated rings. The number of hydrazine groups is 1. The normalized spacial score (nSPS) is 16.6. The van der Waals surface area contributed by atoms with Crippen molar-refractivity contribution >= 4 is 17.4 Å². The van der Waals surface area contributed by atoms with Crippen molar-refractivity contribution in [1.29, 1.82) is 0 Å². The van der Waals surface area contributed by atoms with Crippen molar-refractivity contribution in [3.8, 4) is 0 Å². The molecule has 0 unspecified atom stereocenters. The van der Waals surface area contributed by atoms with Crippen LogP contribution < -0.4 is 10.9 Å². The van der Waals surface area contributed by atoms with Gasteiger partial charge in [0.25, 0.3) is 0 Å². The minimum Gasteiger partial charge on any atom is -0.310 e. The molecule has 2 rings (SSSR count). The summed E-state index contributed by atoms with van der Waals surface area (Å²) in [6.07, 6.45) is 1.16. The number of thioether (sulfide) groups is 1. The van der Waals surface area contributed by atoms with Gasteiger partial charge in [-0.1, -0.05) is 6.07 Å². The maximum atomic E-state index is 5.94. The van der Waals surface area contributed by atoms with Gasteiger partial charge >= 0.3 is 0 Å². The predicted molar refractivity (Wildman–Crippen MR) is 58.1 cm³/mol. The number of aryl methyl sites for hydroxylation is 1. The Bertz CT molecular complexity index is 312. The molecular formula is C10H14N2S. The average Bonchev–Trinajstić information content (AvgIpc) is 2.29. The number of fused-ring (bicyclic) bond motifs is 1. The van der Waals surface area contributed by atoms with Crippen LogP contribution >= 0.6 is 11.8 Å². The molecule has 0 saturated heterocycles. The maximum Gasteiger partial charge on any atom is 0.0655 e. The molecule has 0 bridgehead atoms. The van der Waals surface area contributed by atoms with Gasteiger partial charge in [-0.3, -0.25) is 0 Å². The lowest BCUT2D eigenvalue weighted by atomic mass is 10.2. The van der Waals surface area contributed by atoms with E-state index in [1.807, 2.05) is 16.8 Å². The third-order valence-corrected chi connectivity index (χ3v) is 3.37. The molecule has 0 aliphatic carbocycles. The van der Waals surface area contributed by atoms with E-state index in [0.29, 0.717) is 0 Å². The SMILES string of the molecule is Cc1ccc2c(c1)N(N)CCCS2. The van der Waals surface area contributed by atoms with Crippen LogP contribution in [-0.4, -0.2) is 12.3 Å². The van der Waals surface area contributed by atoms with E-state index in [4.69, 9.17) is 5.84 Å². The van der Waals surface area contributed by atoms with Gasteiger partial charge in [0, 0.05) is 11.4 Å². The van der Waals surface area contributed by atoms with Crippen LogP contribution in [0.3, 0.4) is 0 Å². The van der Waals surface area contributed by atoms with Crippen LogP contribution in [-0.2, 0) is 0 Å². The van der Waals surface area contributed by atoms with Gasteiger partial charge < -0.3 is 5.01 Å². The molecule has 70 valence electrons. The van der Waals surface area contributed by atoms with E-state index in [0.717, 1.165) is 13.0 Å². The highest BCUT2D eigenvalue weighted by molar-refractivity contribution is 7.99. The van der Waals surface area contributed by atoms with Crippen LogP contribution in [0.2, 0.25) is 0 Å². The van der Waals surface area contributed by atoms with Crippen LogP contribution in [0.25, 0.3) is 0 Å². The van der Waals surface area contributed by atoms with Crippen LogP contribution in [0.5, 0.6) is 0 Å². The molecule has 2 nitrogen and oxygen atoms in total. The summed E-state index contributed by atoms with van der Waals surface area (Å²) >= 11 is 1.90. The molecule has 1 aliphatic rings. The zero-order valence-corrected chi connectivity index (χ0v) is 8.60. The number of rotatable bonds is 0. The molecule has 0 radical (unpaired) electrons. The smallest absolute Gasteiger partial charge is 0.0655 e. The number of benzene rings is 1. The fraction of sp³-hybridized carbons (Fsp3) is 0.400. The molecule has 1 aromatic carbocycles. The second-order valence-corrected chi connectivity index (χ2v) is 4.50. The summed E-state index contributed by atoms with van der Waals surface area (Å²) in [5.41, 5.74) is 2.46. The fourth-order valence-electron chi connectivity index (χ4n) is 1.51. The summed E-state index contributed by atoms with van der Waals surface area (Å²) in [6.45, 7) is 3.06. The predicted octanol–water partition coefficient (Wildman–Crippen LogP) is 2.17. The first-order chi connectivity index (χ1) is 6.27. The summed E-state index contributed by atoms with van der Waals surface area (Å²) in [4.78, 5) is 1.31. The number of anilines is 1. The zero-order valence-electron chi connectivity index (χ0n) is 7.79. The van der Waals surface area contributed by atoms with Crippen LogP contribution in [0.1, 0.15) is 12.0 Å². The first kappa shape index (κ1) is 8.91. The van der Waals surface area contributed by atoms with Crippen molar-refractivity contribution in [3.63, 3.8) is 0 Å². The van der Waals surface area contributed by atoms with Crippen molar-refractivity contribution in [2.45, 2.75) is 18.2 Å². The van der Waals surface area contributed by atoms with Gasteiger partial charge in [0.05, 0.1) is 5.69 Å². The lowest BCUT2D eigenvalue weighted by Crippen LogP contribution is -2.31. The third-order valence-electron chi connectivity index (χ3n) is 2.22. The molecule has 0 saturated carbocycles. The molecule has 3 heteroatoms. The fourth-order valence-corrected chi connectivity index (χ4v) is 2.49. The molecule has 1 heterocycles. The second kappa shape index (κ2) is 3.60. The third kappa shape index (κ3) is 1.81. The van der Waals surface area contributed by atoms with Gasteiger partial charge in [0.2, 0.25) is 0 Å². The molecular weight excluding hydrogens is 180 g/mol. The number of hydrogen-bond acceptors (Lipinski definition) is 3. The monoisotopic (exact) mass is 194 g/mol. The first-order valence-corrected chi connectivity index (χ1v) is 5.51.